The average Bonchev–Trinajstić information content (AvgIpc) is 2.11. The Hall–Kier alpha value is -0.0800. The quantitative estimate of drug-likeness (QED) is 0.714. The smallest absolute Gasteiger partial charge is 0.0703 e. The average molecular weight is 200 g/mol. The van der Waals surface area contributed by atoms with Crippen LogP contribution in [0.25, 0.3) is 0 Å². The lowest BCUT2D eigenvalue weighted by Gasteiger charge is -2.42. The van der Waals surface area contributed by atoms with E-state index in [1.54, 1.807) is 7.11 Å². The molecule has 1 aliphatic rings. The van der Waals surface area contributed by atoms with Gasteiger partial charge in [-0.05, 0) is 31.6 Å². The fraction of sp³-hybridized carbons (Fsp3) is 1.00. The van der Waals surface area contributed by atoms with Crippen molar-refractivity contribution in [3.8, 4) is 0 Å². The summed E-state index contributed by atoms with van der Waals surface area (Å²) in [6.45, 7) is 4.30. The highest BCUT2D eigenvalue weighted by Gasteiger charge is 2.39. The number of rotatable bonds is 6. The normalized spacial score (nSPS) is 24.0. The molecule has 0 heterocycles. The molecule has 2 nitrogen and oxygen atoms in total. The van der Waals surface area contributed by atoms with E-state index in [-0.39, 0.29) is 11.7 Å². The molecule has 1 fully saturated rings. The minimum Gasteiger partial charge on any atom is -0.393 e. The van der Waals surface area contributed by atoms with Crippen LogP contribution in [-0.4, -0.2) is 23.9 Å². The Morgan fingerprint density at radius 1 is 1.43 bits per heavy atom. The monoisotopic (exact) mass is 200 g/mol. The van der Waals surface area contributed by atoms with Crippen LogP contribution >= 0.6 is 0 Å². The van der Waals surface area contributed by atoms with E-state index in [2.05, 4.69) is 13.8 Å². The van der Waals surface area contributed by atoms with Gasteiger partial charge in [0.05, 0.1) is 11.7 Å². The third kappa shape index (κ3) is 2.71. The first-order valence-corrected chi connectivity index (χ1v) is 5.87. The molecule has 1 aliphatic carbocycles. The first kappa shape index (κ1) is 12.0. The predicted octanol–water partition coefficient (Wildman–Crippen LogP) is 2.74. The number of hydrogen-bond donors (Lipinski definition) is 1. The topological polar surface area (TPSA) is 29.5 Å². The first-order chi connectivity index (χ1) is 6.63. The molecule has 0 aromatic carbocycles. The summed E-state index contributed by atoms with van der Waals surface area (Å²) in [5, 5.41) is 10.0. The molecule has 0 aromatic rings. The van der Waals surface area contributed by atoms with Gasteiger partial charge >= 0.3 is 0 Å². The molecule has 0 radical (unpaired) electrons. The summed E-state index contributed by atoms with van der Waals surface area (Å²) in [5.41, 5.74) is 0.0153. The van der Waals surface area contributed by atoms with Crippen molar-refractivity contribution in [2.24, 2.45) is 5.92 Å². The zero-order valence-corrected chi connectivity index (χ0v) is 9.75. The Morgan fingerprint density at radius 2 is 2.07 bits per heavy atom. The number of aliphatic hydroxyl groups excluding tert-OH is 1. The minimum absolute atomic E-state index is 0.0153. The van der Waals surface area contributed by atoms with E-state index in [9.17, 15) is 5.11 Å². The van der Waals surface area contributed by atoms with Crippen molar-refractivity contribution in [2.75, 3.05) is 7.11 Å². The highest BCUT2D eigenvalue weighted by Crippen LogP contribution is 2.40. The van der Waals surface area contributed by atoms with Crippen LogP contribution in [0.4, 0.5) is 0 Å². The molecule has 1 rings (SSSR count). The van der Waals surface area contributed by atoms with Gasteiger partial charge in [-0.25, -0.2) is 0 Å². The summed E-state index contributed by atoms with van der Waals surface area (Å²) in [4.78, 5) is 0. The van der Waals surface area contributed by atoms with Gasteiger partial charge in [-0.1, -0.05) is 20.3 Å². The lowest BCUT2D eigenvalue weighted by atomic mass is 9.74. The van der Waals surface area contributed by atoms with E-state index < -0.39 is 0 Å². The third-order valence-electron chi connectivity index (χ3n) is 3.68. The number of methoxy groups -OCH3 is 1. The molecule has 0 aromatic heterocycles. The van der Waals surface area contributed by atoms with Crippen molar-refractivity contribution in [3.05, 3.63) is 0 Å². The van der Waals surface area contributed by atoms with E-state index in [1.807, 2.05) is 0 Å². The molecule has 0 aliphatic heterocycles. The maximum atomic E-state index is 10.0. The number of hydrogen-bond acceptors (Lipinski definition) is 2. The Labute approximate surface area is 87.7 Å². The summed E-state index contributed by atoms with van der Waals surface area (Å²) in [5.74, 6) is 0.410. The molecule has 1 N–H and O–H groups in total. The second-order valence-electron chi connectivity index (χ2n) is 4.78. The minimum atomic E-state index is -0.185. The SMILES string of the molecule is CCCC(C)C(O)CC1(OC)CCC1. The Kier molecular flexibility index (Phi) is 4.39. The van der Waals surface area contributed by atoms with Gasteiger partial charge < -0.3 is 9.84 Å². The van der Waals surface area contributed by atoms with E-state index in [4.69, 9.17) is 4.74 Å². The largest absolute Gasteiger partial charge is 0.393 e. The summed E-state index contributed by atoms with van der Waals surface area (Å²) in [6.07, 6.45) is 6.40. The first-order valence-electron chi connectivity index (χ1n) is 5.87. The number of ether oxygens (including phenoxy) is 1. The van der Waals surface area contributed by atoms with Crippen molar-refractivity contribution >= 4 is 0 Å². The van der Waals surface area contributed by atoms with Crippen LogP contribution in [-0.2, 0) is 4.74 Å². The second-order valence-corrected chi connectivity index (χ2v) is 4.78. The molecule has 0 saturated heterocycles. The van der Waals surface area contributed by atoms with Gasteiger partial charge in [0.1, 0.15) is 0 Å². The summed E-state index contributed by atoms with van der Waals surface area (Å²) < 4.78 is 5.51. The molecule has 1 saturated carbocycles. The van der Waals surface area contributed by atoms with Crippen molar-refractivity contribution < 1.29 is 9.84 Å². The number of aliphatic hydroxyl groups is 1. The van der Waals surface area contributed by atoms with Crippen LogP contribution in [0.1, 0.15) is 52.4 Å². The van der Waals surface area contributed by atoms with Crippen molar-refractivity contribution in [3.63, 3.8) is 0 Å². The highest BCUT2D eigenvalue weighted by molar-refractivity contribution is 4.92. The Bertz CT molecular complexity index is 158. The van der Waals surface area contributed by atoms with Crippen molar-refractivity contribution in [1.82, 2.24) is 0 Å². The highest BCUT2D eigenvalue weighted by atomic mass is 16.5. The molecule has 2 heteroatoms. The maximum Gasteiger partial charge on any atom is 0.0703 e. The van der Waals surface area contributed by atoms with Gasteiger partial charge in [-0.15, -0.1) is 0 Å². The van der Waals surface area contributed by atoms with Crippen LogP contribution in [0.2, 0.25) is 0 Å². The molecule has 2 atom stereocenters. The summed E-state index contributed by atoms with van der Waals surface area (Å²) >= 11 is 0. The van der Waals surface area contributed by atoms with Crippen molar-refractivity contribution in [1.29, 1.82) is 0 Å². The molecule has 14 heavy (non-hydrogen) atoms. The van der Waals surface area contributed by atoms with Crippen LogP contribution in [0.15, 0.2) is 0 Å². The van der Waals surface area contributed by atoms with Crippen LogP contribution < -0.4 is 0 Å². The van der Waals surface area contributed by atoms with Gasteiger partial charge in [0.25, 0.3) is 0 Å². The maximum absolute atomic E-state index is 10.0. The molecule has 0 bridgehead atoms. The zero-order valence-electron chi connectivity index (χ0n) is 9.75. The van der Waals surface area contributed by atoms with Gasteiger partial charge in [-0.2, -0.15) is 0 Å². The molecule has 0 amide bonds. The second kappa shape index (κ2) is 5.13. The van der Waals surface area contributed by atoms with Gasteiger partial charge in [-0.3, -0.25) is 0 Å². The van der Waals surface area contributed by atoms with Gasteiger partial charge in [0.15, 0.2) is 0 Å². The lowest BCUT2D eigenvalue weighted by Crippen LogP contribution is -2.43. The molecular weight excluding hydrogens is 176 g/mol. The van der Waals surface area contributed by atoms with Crippen LogP contribution in [0.3, 0.4) is 0 Å². The fourth-order valence-electron chi connectivity index (χ4n) is 2.29. The molecule has 2 unspecified atom stereocenters. The summed E-state index contributed by atoms with van der Waals surface area (Å²) in [6, 6.07) is 0. The molecule has 0 spiro atoms. The van der Waals surface area contributed by atoms with Crippen LogP contribution in [0.5, 0.6) is 0 Å². The zero-order chi connectivity index (χ0) is 10.6. The van der Waals surface area contributed by atoms with Gasteiger partial charge in [0, 0.05) is 13.5 Å². The van der Waals surface area contributed by atoms with E-state index in [0.717, 1.165) is 32.1 Å². The third-order valence-corrected chi connectivity index (χ3v) is 3.68. The van der Waals surface area contributed by atoms with Crippen molar-refractivity contribution in [2.45, 2.75) is 64.1 Å². The standard InChI is InChI=1S/C12H24O2/c1-4-6-10(2)11(13)9-12(14-3)7-5-8-12/h10-11,13H,4-9H2,1-3H3. The van der Waals surface area contributed by atoms with Crippen LogP contribution in [0, 0.1) is 5.92 Å². The predicted molar refractivity (Wildman–Crippen MR) is 58.3 cm³/mol. The fourth-order valence-corrected chi connectivity index (χ4v) is 2.29. The molecular formula is C12H24O2. The van der Waals surface area contributed by atoms with E-state index >= 15 is 0 Å². The Morgan fingerprint density at radius 3 is 2.43 bits per heavy atom. The Balaban J connectivity index is 2.34. The summed E-state index contributed by atoms with van der Waals surface area (Å²) in [7, 11) is 1.77. The van der Waals surface area contributed by atoms with E-state index in [1.165, 1.54) is 6.42 Å². The van der Waals surface area contributed by atoms with Gasteiger partial charge in [0.2, 0.25) is 0 Å². The molecule has 84 valence electrons. The van der Waals surface area contributed by atoms with E-state index in [0.29, 0.717) is 5.92 Å². The lowest BCUT2D eigenvalue weighted by molar-refractivity contribution is -0.106.